The summed E-state index contributed by atoms with van der Waals surface area (Å²) in [5.41, 5.74) is 4.87. The molecule has 122 heavy (non-hydrogen) atoms. The predicted molar refractivity (Wildman–Crippen MR) is 539 cm³/mol. The first kappa shape index (κ1) is 111. The van der Waals surface area contributed by atoms with Gasteiger partial charge in [0.2, 0.25) is 0 Å². The van der Waals surface area contributed by atoms with Gasteiger partial charge in [0.15, 0.2) is 0 Å². The van der Waals surface area contributed by atoms with Gasteiger partial charge < -0.3 is 80.4 Å². The van der Waals surface area contributed by atoms with Crippen LogP contribution in [0.5, 0.6) is 46.0 Å². The van der Waals surface area contributed by atoms with E-state index in [2.05, 4.69) is 146 Å². The van der Waals surface area contributed by atoms with Gasteiger partial charge in [-0.15, -0.1) is 8.07 Å². The Bertz CT molecular complexity index is 3990. The van der Waals surface area contributed by atoms with Gasteiger partial charge in [-0.3, -0.25) is 9.83 Å². The van der Waals surface area contributed by atoms with E-state index in [-0.39, 0.29) is 88.7 Å². The molecule has 0 heterocycles. The van der Waals surface area contributed by atoms with Crippen LogP contribution in [-0.4, -0.2) is 138 Å². The molecule has 0 bridgehead atoms. The van der Waals surface area contributed by atoms with E-state index >= 15 is 0 Å². The Kier molecular flexibility index (Phi) is 54.1. The van der Waals surface area contributed by atoms with E-state index in [9.17, 15) is 0 Å². The van der Waals surface area contributed by atoms with E-state index in [1.807, 2.05) is 115 Å². The van der Waals surface area contributed by atoms with Gasteiger partial charge in [-0.2, -0.15) is 7.05 Å². The van der Waals surface area contributed by atoms with E-state index in [1.165, 1.54) is 214 Å². The number of hydrogen-bond donors (Lipinski definition) is 1. The second kappa shape index (κ2) is 59.6. The monoisotopic (exact) mass is 1820 g/mol. The van der Waals surface area contributed by atoms with Crippen molar-refractivity contribution in [2.75, 3.05) is 85.1 Å². The van der Waals surface area contributed by atoms with Crippen LogP contribution in [0.4, 0.5) is 0 Å². The van der Waals surface area contributed by atoms with Crippen LogP contribution >= 0.6 is 63.4 Å². The van der Waals surface area contributed by atoms with Gasteiger partial charge in [-0.1, -0.05) is 270 Å². The number of methoxy groups -OCH3 is 8. The molecular weight excluding hydrogens is 1670 g/mol. The third-order valence-electron chi connectivity index (χ3n) is 24.4. The van der Waals surface area contributed by atoms with Gasteiger partial charge >= 0.3 is 18.9 Å². The van der Waals surface area contributed by atoms with Crippen molar-refractivity contribution in [3.8, 4) is 46.0 Å². The smallest absolute Gasteiger partial charge is 1.00 e. The molecular formula is C99H148Cl2Li2N4O8P7-3. The number of nitrogens with one attached hydrogen (secondary N) is 1. The summed E-state index contributed by atoms with van der Waals surface area (Å²) in [4.78, 5) is 0. The van der Waals surface area contributed by atoms with E-state index in [0.29, 0.717) is 0 Å². The molecule has 0 saturated heterocycles. The number of halogens is 2. The van der Waals surface area contributed by atoms with Crippen LogP contribution in [0.25, 0.3) is 5.09 Å². The van der Waals surface area contributed by atoms with Gasteiger partial charge in [0, 0.05) is 79.0 Å². The van der Waals surface area contributed by atoms with Crippen LogP contribution in [0.3, 0.4) is 0 Å². The van der Waals surface area contributed by atoms with E-state index in [4.69, 9.17) is 58.6 Å². The molecule has 6 fully saturated rings. The zero-order valence-corrected chi connectivity index (χ0v) is 81.9. The average Bonchev–Trinajstić information content (AvgIpc) is 0.729. The second-order valence-corrected chi connectivity index (χ2v) is 54.2. The van der Waals surface area contributed by atoms with Crippen LogP contribution in [0, 0.1) is 0 Å². The molecule has 1 N–H and O–H groups in total. The minimum atomic E-state index is -2.10. The zero-order chi connectivity index (χ0) is 81.9. The van der Waals surface area contributed by atoms with Crippen LogP contribution in [0.2, 0.25) is 0 Å². The molecule has 0 amide bonds. The molecule has 6 saturated carbocycles. The molecule has 8 aromatic rings. The number of ether oxygens (including phenoxy) is 8. The van der Waals surface area contributed by atoms with Crippen molar-refractivity contribution in [3.63, 3.8) is 0 Å². The van der Waals surface area contributed by atoms with Crippen molar-refractivity contribution in [2.24, 2.45) is 9.49 Å². The fourth-order valence-electron chi connectivity index (χ4n) is 18.9. The molecule has 8 aromatic carbocycles. The van der Waals surface area contributed by atoms with Crippen LogP contribution in [-0.2, 0) is 0 Å². The molecule has 6 aliphatic carbocycles. The molecule has 666 valence electrons. The largest absolute Gasteiger partial charge is 1.00 e. The number of nitrogens with zero attached hydrogens (tertiary/aromatic N) is 3. The Morgan fingerprint density at radius 1 is 0.344 bits per heavy atom. The number of hydrogen-bond acceptors (Lipinski definition) is 11. The summed E-state index contributed by atoms with van der Waals surface area (Å²) in [6, 6.07) is 67.1. The average molecular weight is 1820 g/mol. The summed E-state index contributed by atoms with van der Waals surface area (Å²) in [6.45, 7) is -3.83. The van der Waals surface area contributed by atoms with Gasteiger partial charge in [0.05, 0.1) is 63.6 Å². The molecule has 12 nitrogen and oxygen atoms in total. The molecule has 0 atom stereocenters. The van der Waals surface area contributed by atoms with E-state index < -0.39 is 37.2 Å². The van der Waals surface area contributed by atoms with Gasteiger partial charge in [0.25, 0.3) is 0 Å². The number of benzene rings is 8. The summed E-state index contributed by atoms with van der Waals surface area (Å²) in [7, 11) is 19.4. The molecule has 6 aliphatic rings. The number of para-hydroxylation sites is 8. The van der Waals surface area contributed by atoms with Gasteiger partial charge in [0.1, 0.15) is 46.0 Å². The normalized spacial score (nSPS) is 16.1. The Hall–Kier alpha value is -3.54. The zero-order valence-electron chi connectivity index (χ0n) is 75.1. The first-order valence-electron chi connectivity index (χ1n) is 43.0. The molecule has 0 unspecified atom stereocenters. The summed E-state index contributed by atoms with van der Waals surface area (Å²) >= 11 is 6.70. The van der Waals surface area contributed by atoms with Gasteiger partial charge in [-0.25, -0.2) is 0 Å². The summed E-state index contributed by atoms with van der Waals surface area (Å²) < 4.78 is 56.9. The fourth-order valence-corrected chi connectivity index (χ4v) is 53.3. The van der Waals surface area contributed by atoms with Crippen LogP contribution < -0.4 is 117 Å². The van der Waals surface area contributed by atoms with Crippen LogP contribution in [0.15, 0.2) is 204 Å². The summed E-state index contributed by atoms with van der Waals surface area (Å²) in [5, 5.41) is 17.9. The van der Waals surface area contributed by atoms with Crippen molar-refractivity contribution in [1.29, 1.82) is 0 Å². The fraction of sp³-hybridized carbons (Fsp3) is 0.515. The quantitative estimate of drug-likeness (QED) is 0.0417. The molecule has 0 aliphatic heterocycles. The molecule has 0 aromatic heterocycles. The minimum absolute atomic E-state index is 0. The topological polar surface area (TPSA) is 125 Å². The van der Waals surface area contributed by atoms with Crippen molar-refractivity contribution in [2.45, 2.75) is 249 Å². The second-order valence-electron chi connectivity index (χ2n) is 30.9. The van der Waals surface area contributed by atoms with E-state index in [0.717, 1.165) is 101 Å². The predicted octanol–water partition coefficient (Wildman–Crippen LogP) is 21.4. The molecule has 2 radical (unpaired) electrons. The van der Waals surface area contributed by atoms with E-state index in [1.54, 1.807) is 28.4 Å². The minimum Gasteiger partial charge on any atom is -1.00 e. The van der Waals surface area contributed by atoms with Gasteiger partial charge in [-0.05, 0) is 206 Å². The third kappa shape index (κ3) is 28.2. The van der Waals surface area contributed by atoms with Crippen molar-refractivity contribution in [3.05, 3.63) is 199 Å². The molecule has 14 rings (SSSR count). The maximum Gasteiger partial charge on any atom is 1.00 e. The Labute approximate surface area is 782 Å². The Balaban J connectivity index is 0.000000404. The maximum atomic E-state index is 6.70. The Morgan fingerprint density at radius 2 is 0.582 bits per heavy atom. The first-order valence-corrected chi connectivity index (χ1v) is 55.9. The molecule has 23 heteroatoms. The summed E-state index contributed by atoms with van der Waals surface area (Å²) in [6.07, 6.45) is 41.7. The van der Waals surface area contributed by atoms with Crippen molar-refractivity contribution in [1.82, 2.24) is 5.09 Å². The van der Waals surface area contributed by atoms with Crippen molar-refractivity contribution >= 4 is 125 Å². The Morgan fingerprint density at radius 3 is 0.852 bits per heavy atom. The number of rotatable bonds is 26. The SMILES string of the molecule is C.C.C.CN=P(C1CCCCC1)(C1CCCCC1)P(c1ccccc1OC)c1ccccc1OC.CN=P(c1ccccc1OC)(c1ccccc1OC)P(C1CCCCC1)C1CCCCC1.CNP(c1ccccc1OC)c1ccccc1OC.C[N-]P(c1ccccc1OC)c1ccccc1OC.ClP(C1CCCCC1)C1CCCCC1.[Cl-].[H-].[Li+].[Li-]. The summed E-state index contributed by atoms with van der Waals surface area (Å²) in [5.74, 6) is 7.55. The third-order valence-corrected chi connectivity index (χ3v) is 56.2. The van der Waals surface area contributed by atoms with Crippen molar-refractivity contribution < 1.29 is 70.6 Å². The maximum absolute atomic E-state index is 6.70. The standard InChI is InChI=1S/2C27H39NO2P2.C15H18NO2P.C15H17NO2P.C12H22ClP.3CH4.ClH.2Li.H/c1-28-32(22-14-6-4-7-15-22,23-16-8-5-9-17-23)31(26-20-12-10-18-24(26)29-2)27-21-13-11-19-25(27)30-3;1-28-32(26-20-12-10-18-24(26)29-2,27-21-13-11-19-25(27)30-3)31(22-14-6-4-7-15-22)23-16-8-5-9-17-23;2*1-16-19(14-10-6-4-8-12(14)17-2)15-11-7-5-9-13(15)18-3;13-14(11-7-3-1-4-8-11)12-9-5-2-6-10-12;;;;;;;/h2*10-13,18-23H,4-9,14-17H2,1-3H3;4-11,16H,1-3H3;4-11H,1-3H3;11-12H,1-10H2;3*1H4;1H;;;/q;;;-1;;;;;;-1;+1;-1/p-1. The first-order chi connectivity index (χ1) is 57.0. The van der Waals surface area contributed by atoms with Crippen LogP contribution in [0.1, 0.15) is 216 Å². The molecule has 0 spiro atoms.